The van der Waals surface area contributed by atoms with Crippen molar-refractivity contribution in [3.05, 3.63) is 72.1 Å². The zero-order valence-corrected chi connectivity index (χ0v) is 18.9. The molecule has 1 atom stereocenters. The molecule has 7 heteroatoms. The second-order valence-corrected chi connectivity index (χ2v) is 8.85. The van der Waals surface area contributed by atoms with E-state index in [1.54, 1.807) is 6.33 Å². The molecule has 0 aliphatic rings. The van der Waals surface area contributed by atoms with E-state index in [4.69, 9.17) is 0 Å². The number of allylic oxidation sites excluding steroid dienone is 1. The molecule has 0 spiro atoms. The molecule has 160 valence electrons. The molecule has 0 saturated carbocycles. The summed E-state index contributed by atoms with van der Waals surface area (Å²) < 4.78 is 4.05. The topological polar surface area (TPSA) is 68.8 Å². The molecule has 0 amide bonds. The number of nitrogens with zero attached hydrogens (tertiary/aromatic N) is 5. The maximum Gasteiger partial charge on any atom is 0.191 e. The van der Waals surface area contributed by atoms with Gasteiger partial charge in [0.15, 0.2) is 11.0 Å². The van der Waals surface area contributed by atoms with Gasteiger partial charge in [0.05, 0.1) is 30.0 Å². The Bertz CT molecular complexity index is 1230. The molecule has 0 bridgehead atoms. The number of aromatic nitrogens is 5. The van der Waals surface area contributed by atoms with Gasteiger partial charge in [-0.15, -0.1) is 16.8 Å². The van der Waals surface area contributed by atoms with Crippen molar-refractivity contribution in [2.45, 2.75) is 45.1 Å². The van der Waals surface area contributed by atoms with Gasteiger partial charge < -0.3 is 9.67 Å². The van der Waals surface area contributed by atoms with Crippen molar-refractivity contribution in [3.63, 3.8) is 0 Å². The first-order chi connectivity index (χ1) is 15.0. The smallest absolute Gasteiger partial charge is 0.191 e. The molecule has 2 heterocycles. The van der Waals surface area contributed by atoms with E-state index in [0.717, 1.165) is 27.6 Å². The number of aliphatic hydroxyl groups excluding tert-OH is 1. The van der Waals surface area contributed by atoms with Crippen LogP contribution in [0.5, 0.6) is 0 Å². The number of imidazole rings is 1. The average Bonchev–Trinajstić information content (AvgIpc) is 3.31. The minimum atomic E-state index is -0.541. The Morgan fingerprint density at radius 2 is 1.94 bits per heavy atom. The van der Waals surface area contributed by atoms with Gasteiger partial charge in [-0.3, -0.25) is 4.57 Å². The summed E-state index contributed by atoms with van der Waals surface area (Å²) in [6.07, 6.45) is 3.10. The van der Waals surface area contributed by atoms with Crippen molar-refractivity contribution in [2.24, 2.45) is 0 Å². The Labute approximate surface area is 186 Å². The van der Waals surface area contributed by atoms with E-state index in [2.05, 4.69) is 66.8 Å². The monoisotopic (exact) mass is 433 g/mol. The molecule has 0 aliphatic heterocycles. The fourth-order valence-electron chi connectivity index (χ4n) is 3.60. The van der Waals surface area contributed by atoms with Crippen molar-refractivity contribution in [3.8, 4) is 11.4 Å². The SMILES string of the molecule is C=CCn1c(SCC(O)Cn2cnc3cc(C)c(C)cc32)nnc1-c1cccc(C)c1. The standard InChI is InChI=1S/C24H27N5OS/c1-5-9-29-23(19-8-6-7-16(2)10-19)26-27-24(29)31-14-20(30)13-28-15-25-21-11-17(3)18(4)12-22(21)28/h5-8,10-12,15,20,30H,1,9,13-14H2,2-4H3. The Morgan fingerprint density at radius 3 is 2.71 bits per heavy atom. The summed E-state index contributed by atoms with van der Waals surface area (Å²) in [5.74, 6) is 1.32. The molecular formula is C24H27N5OS. The predicted molar refractivity (Wildman–Crippen MR) is 126 cm³/mol. The molecule has 0 saturated heterocycles. The third kappa shape index (κ3) is 4.57. The van der Waals surface area contributed by atoms with Crippen molar-refractivity contribution >= 4 is 22.8 Å². The second-order valence-electron chi connectivity index (χ2n) is 7.86. The van der Waals surface area contributed by atoms with Crippen LogP contribution >= 0.6 is 11.8 Å². The lowest BCUT2D eigenvalue weighted by atomic mass is 10.1. The number of hydrogen-bond donors (Lipinski definition) is 1. The number of aryl methyl sites for hydroxylation is 3. The minimum absolute atomic E-state index is 0.479. The Hall–Kier alpha value is -2.90. The molecular weight excluding hydrogens is 406 g/mol. The summed E-state index contributed by atoms with van der Waals surface area (Å²) in [6.45, 7) is 11.2. The first-order valence-electron chi connectivity index (χ1n) is 10.3. The molecule has 2 aromatic heterocycles. The van der Waals surface area contributed by atoms with Crippen LogP contribution < -0.4 is 0 Å². The summed E-state index contributed by atoms with van der Waals surface area (Å²) >= 11 is 1.51. The molecule has 31 heavy (non-hydrogen) atoms. The highest BCUT2D eigenvalue weighted by Crippen LogP contribution is 2.26. The number of benzene rings is 2. The molecule has 0 radical (unpaired) electrons. The molecule has 6 nitrogen and oxygen atoms in total. The number of thioether (sulfide) groups is 1. The zero-order chi connectivity index (χ0) is 22.0. The number of hydrogen-bond acceptors (Lipinski definition) is 5. The van der Waals surface area contributed by atoms with Crippen LogP contribution in [0.25, 0.3) is 22.4 Å². The van der Waals surface area contributed by atoms with E-state index >= 15 is 0 Å². The number of rotatable bonds is 8. The lowest BCUT2D eigenvalue weighted by molar-refractivity contribution is 0.179. The van der Waals surface area contributed by atoms with Gasteiger partial charge in [-0.25, -0.2) is 4.98 Å². The zero-order valence-electron chi connectivity index (χ0n) is 18.1. The number of aliphatic hydroxyl groups is 1. The first kappa shape index (κ1) is 21.3. The normalized spacial score (nSPS) is 12.4. The summed E-state index contributed by atoms with van der Waals surface area (Å²) in [4.78, 5) is 4.48. The van der Waals surface area contributed by atoms with Crippen LogP contribution in [0.15, 0.2) is 60.5 Å². The average molecular weight is 434 g/mol. The van der Waals surface area contributed by atoms with Gasteiger partial charge in [0.1, 0.15) is 0 Å². The molecule has 4 aromatic rings. The summed E-state index contributed by atoms with van der Waals surface area (Å²) in [5.41, 5.74) is 6.64. The minimum Gasteiger partial charge on any atom is -0.390 e. The Morgan fingerprint density at radius 1 is 1.13 bits per heavy atom. The molecule has 4 rings (SSSR count). The highest BCUT2D eigenvalue weighted by atomic mass is 32.2. The Balaban J connectivity index is 1.49. The van der Waals surface area contributed by atoms with E-state index < -0.39 is 6.10 Å². The van der Waals surface area contributed by atoms with Gasteiger partial charge in [-0.2, -0.15) is 0 Å². The fourth-order valence-corrected chi connectivity index (χ4v) is 4.46. The molecule has 2 aromatic carbocycles. The first-order valence-corrected chi connectivity index (χ1v) is 11.3. The van der Waals surface area contributed by atoms with Gasteiger partial charge in [0.25, 0.3) is 0 Å². The van der Waals surface area contributed by atoms with E-state index in [0.29, 0.717) is 18.8 Å². The van der Waals surface area contributed by atoms with Crippen LogP contribution in [-0.4, -0.2) is 41.3 Å². The molecule has 1 N–H and O–H groups in total. The summed E-state index contributed by atoms with van der Waals surface area (Å²) in [6, 6.07) is 12.4. The second kappa shape index (κ2) is 9.08. The van der Waals surface area contributed by atoms with Crippen LogP contribution in [0.2, 0.25) is 0 Å². The van der Waals surface area contributed by atoms with Crippen molar-refractivity contribution < 1.29 is 5.11 Å². The van der Waals surface area contributed by atoms with E-state index in [-0.39, 0.29) is 0 Å². The van der Waals surface area contributed by atoms with E-state index in [9.17, 15) is 5.11 Å². The van der Waals surface area contributed by atoms with Crippen molar-refractivity contribution in [1.29, 1.82) is 0 Å². The fraction of sp³-hybridized carbons (Fsp3) is 0.292. The maximum atomic E-state index is 10.7. The predicted octanol–water partition coefficient (Wildman–Crippen LogP) is 4.56. The largest absolute Gasteiger partial charge is 0.390 e. The van der Waals surface area contributed by atoms with Gasteiger partial charge >= 0.3 is 0 Å². The highest BCUT2D eigenvalue weighted by molar-refractivity contribution is 7.99. The maximum absolute atomic E-state index is 10.7. The lowest BCUT2D eigenvalue weighted by Gasteiger charge is -2.13. The van der Waals surface area contributed by atoms with E-state index in [1.807, 2.05) is 27.3 Å². The van der Waals surface area contributed by atoms with Crippen molar-refractivity contribution in [1.82, 2.24) is 24.3 Å². The molecule has 1 unspecified atom stereocenters. The highest BCUT2D eigenvalue weighted by Gasteiger charge is 2.16. The number of fused-ring (bicyclic) bond motifs is 1. The van der Waals surface area contributed by atoms with Crippen molar-refractivity contribution in [2.75, 3.05) is 5.75 Å². The summed E-state index contributed by atoms with van der Waals surface area (Å²) in [5, 5.41) is 20.3. The van der Waals surface area contributed by atoms with Gasteiger partial charge in [-0.1, -0.05) is 41.6 Å². The van der Waals surface area contributed by atoms with Gasteiger partial charge in [0, 0.05) is 17.9 Å². The quantitative estimate of drug-likeness (QED) is 0.326. The van der Waals surface area contributed by atoms with Crippen LogP contribution in [0.3, 0.4) is 0 Å². The lowest BCUT2D eigenvalue weighted by Crippen LogP contribution is -2.18. The van der Waals surface area contributed by atoms with Gasteiger partial charge in [0.2, 0.25) is 0 Å². The summed E-state index contributed by atoms with van der Waals surface area (Å²) in [7, 11) is 0. The van der Waals surface area contributed by atoms with Crippen LogP contribution in [0.4, 0.5) is 0 Å². The third-order valence-corrected chi connectivity index (χ3v) is 6.47. The van der Waals surface area contributed by atoms with Gasteiger partial charge in [-0.05, 0) is 50.1 Å². The molecule has 0 fully saturated rings. The molecule has 0 aliphatic carbocycles. The van der Waals surface area contributed by atoms with Crippen LogP contribution in [0, 0.1) is 20.8 Å². The third-order valence-electron chi connectivity index (χ3n) is 5.35. The Kier molecular flexibility index (Phi) is 6.25. The van der Waals surface area contributed by atoms with Crippen LogP contribution in [-0.2, 0) is 13.1 Å². The van der Waals surface area contributed by atoms with E-state index in [1.165, 1.54) is 28.5 Å². The van der Waals surface area contributed by atoms with Crippen LogP contribution in [0.1, 0.15) is 16.7 Å².